The van der Waals surface area contributed by atoms with E-state index in [4.69, 9.17) is 0 Å². The van der Waals surface area contributed by atoms with Gasteiger partial charge in [-0.2, -0.15) is 0 Å². The summed E-state index contributed by atoms with van der Waals surface area (Å²) in [5.74, 6) is 0. The lowest BCUT2D eigenvalue weighted by molar-refractivity contribution is 1.40. The van der Waals surface area contributed by atoms with Gasteiger partial charge < -0.3 is 0 Å². The van der Waals surface area contributed by atoms with Crippen molar-refractivity contribution in [1.29, 1.82) is 0 Å². The maximum Gasteiger partial charge on any atom is -0.00135 e. The first kappa shape index (κ1) is 6.24. The molecule has 0 heterocycles. The van der Waals surface area contributed by atoms with E-state index >= 15 is 0 Å². The molecule has 0 aromatic heterocycles. The molecule has 0 fully saturated rings. The van der Waals surface area contributed by atoms with Gasteiger partial charge >= 0.3 is 0 Å². The van der Waals surface area contributed by atoms with Crippen LogP contribution in [-0.4, -0.2) is 0 Å². The first-order valence-electron chi connectivity index (χ1n) is 4.36. The lowest BCUT2D eigenvalue weighted by Crippen LogP contribution is -2.24. The molecule has 58 valence electrons. The summed E-state index contributed by atoms with van der Waals surface area (Å²) >= 11 is 0. The van der Waals surface area contributed by atoms with Gasteiger partial charge in [0.25, 0.3) is 0 Å². The Hall–Kier alpha value is -1.30. The van der Waals surface area contributed by atoms with Gasteiger partial charge in [0.15, 0.2) is 0 Å². The first-order valence-corrected chi connectivity index (χ1v) is 4.36. The topological polar surface area (TPSA) is 0 Å². The van der Waals surface area contributed by atoms with Gasteiger partial charge in [0.1, 0.15) is 0 Å². The molecule has 0 nitrogen and oxygen atoms in total. The lowest BCUT2D eigenvalue weighted by Gasteiger charge is -1.94. The molecule has 0 heteroatoms. The van der Waals surface area contributed by atoms with E-state index in [0.29, 0.717) is 0 Å². The highest BCUT2D eigenvalue weighted by Crippen LogP contribution is 2.24. The largest absolute Gasteiger partial charge is 0.0587 e. The van der Waals surface area contributed by atoms with E-state index in [2.05, 4.69) is 37.3 Å². The first-order chi connectivity index (χ1) is 5.84. The van der Waals surface area contributed by atoms with Gasteiger partial charge in [0.05, 0.1) is 0 Å². The van der Waals surface area contributed by atoms with Crippen LogP contribution in [0.3, 0.4) is 0 Å². The molecule has 0 unspecified atom stereocenters. The second-order valence-corrected chi connectivity index (χ2v) is 3.61. The standard InChI is InChI=1S/C12H10/c1-8-2-5-11-9-3-4-10(7-9)12(11)6-8/h2-6H,7H2,1H3. The Kier molecular flexibility index (Phi) is 0.984. The molecular weight excluding hydrogens is 144 g/mol. The quantitative estimate of drug-likeness (QED) is 0.528. The summed E-state index contributed by atoms with van der Waals surface area (Å²) < 4.78 is 0. The summed E-state index contributed by atoms with van der Waals surface area (Å²) in [5, 5.41) is 2.92. The van der Waals surface area contributed by atoms with Crippen LogP contribution in [0.5, 0.6) is 0 Å². The van der Waals surface area contributed by atoms with Crippen LogP contribution in [0, 0.1) is 6.92 Å². The summed E-state index contributed by atoms with van der Waals surface area (Å²) in [5.41, 5.74) is 4.37. The molecule has 0 saturated heterocycles. The third-order valence-corrected chi connectivity index (χ3v) is 2.73. The Bertz CT molecular complexity index is 501. The monoisotopic (exact) mass is 154 g/mol. The lowest BCUT2D eigenvalue weighted by atomic mass is 10.1. The zero-order valence-corrected chi connectivity index (χ0v) is 7.09. The van der Waals surface area contributed by atoms with Crippen LogP contribution < -0.4 is 10.4 Å². The zero-order chi connectivity index (χ0) is 8.13. The van der Waals surface area contributed by atoms with Crippen molar-refractivity contribution in [1.82, 2.24) is 0 Å². The second kappa shape index (κ2) is 1.89. The van der Waals surface area contributed by atoms with E-state index in [1.165, 1.54) is 33.6 Å². The molecule has 2 aliphatic carbocycles. The van der Waals surface area contributed by atoms with Gasteiger partial charge in [0.2, 0.25) is 0 Å². The van der Waals surface area contributed by atoms with Gasteiger partial charge in [-0.3, -0.25) is 0 Å². The SMILES string of the molecule is Cc1ccc2c(c1)=C1C=CC=2C1. The van der Waals surface area contributed by atoms with Crippen LogP contribution in [0.2, 0.25) is 0 Å². The second-order valence-electron chi connectivity index (χ2n) is 3.61. The van der Waals surface area contributed by atoms with Crippen molar-refractivity contribution >= 4 is 11.1 Å². The number of hydrogen-bond acceptors (Lipinski definition) is 0. The summed E-state index contributed by atoms with van der Waals surface area (Å²) in [6.07, 6.45) is 5.66. The summed E-state index contributed by atoms with van der Waals surface area (Å²) in [4.78, 5) is 0. The Balaban J connectivity index is 2.60. The van der Waals surface area contributed by atoms with Gasteiger partial charge in [-0.05, 0) is 34.9 Å². The smallest absolute Gasteiger partial charge is 0.00135 e. The van der Waals surface area contributed by atoms with E-state index in [9.17, 15) is 0 Å². The fourth-order valence-electron chi connectivity index (χ4n) is 2.10. The van der Waals surface area contributed by atoms with Crippen LogP contribution in [0.1, 0.15) is 12.0 Å². The molecule has 0 saturated carbocycles. The van der Waals surface area contributed by atoms with Gasteiger partial charge in [-0.1, -0.05) is 35.9 Å². The molecule has 0 spiro atoms. The number of hydrogen-bond donors (Lipinski definition) is 0. The number of aryl methyl sites for hydroxylation is 1. The maximum atomic E-state index is 2.29. The maximum absolute atomic E-state index is 2.29. The molecule has 0 radical (unpaired) electrons. The molecule has 2 bridgehead atoms. The minimum atomic E-state index is 1.17. The van der Waals surface area contributed by atoms with Gasteiger partial charge in [0, 0.05) is 0 Å². The molecule has 1 aromatic rings. The Morgan fingerprint density at radius 2 is 1.75 bits per heavy atom. The molecule has 12 heavy (non-hydrogen) atoms. The van der Waals surface area contributed by atoms with E-state index in [1.54, 1.807) is 0 Å². The van der Waals surface area contributed by atoms with Crippen molar-refractivity contribution < 1.29 is 0 Å². The Labute approximate surface area is 71.5 Å². The molecule has 0 N–H and O–H groups in total. The summed E-state index contributed by atoms with van der Waals surface area (Å²) in [6.45, 7) is 2.15. The molecule has 3 rings (SSSR count). The van der Waals surface area contributed by atoms with E-state index in [-0.39, 0.29) is 0 Å². The van der Waals surface area contributed by atoms with Crippen molar-refractivity contribution in [2.75, 3.05) is 0 Å². The van der Waals surface area contributed by atoms with Gasteiger partial charge in [-0.25, -0.2) is 0 Å². The van der Waals surface area contributed by atoms with Crippen molar-refractivity contribution in [3.05, 3.63) is 46.4 Å². The zero-order valence-electron chi connectivity index (χ0n) is 7.09. The van der Waals surface area contributed by atoms with E-state index in [0.717, 1.165) is 0 Å². The highest BCUT2D eigenvalue weighted by atomic mass is 14.2. The molecule has 1 aromatic carbocycles. The average molecular weight is 154 g/mol. The van der Waals surface area contributed by atoms with E-state index in [1.807, 2.05) is 0 Å². The van der Waals surface area contributed by atoms with Crippen LogP contribution in [-0.2, 0) is 0 Å². The highest BCUT2D eigenvalue weighted by molar-refractivity contribution is 5.85. The molecule has 0 aliphatic heterocycles. The van der Waals surface area contributed by atoms with E-state index < -0.39 is 0 Å². The minimum Gasteiger partial charge on any atom is -0.0587 e. The summed E-state index contributed by atoms with van der Waals surface area (Å²) in [6, 6.07) is 6.73. The average Bonchev–Trinajstić information content (AvgIpc) is 2.63. The van der Waals surface area contributed by atoms with Crippen molar-refractivity contribution in [3.63, 3.8) is 0 Å². The number of rotatable bonds is 0. The molecule has 0 amide bonds. The molecular formula is C12H10. The van der Waals surface area contributed by atoms with Crippen LogP contribution in [0.15, 0.2) is 30.4 Å². The number of fused-ring (bicyclic) bond motifs is 3. The minimum absolute atomic E-state index is 1.17. The highest BCUT2D eigenvalue weighted by Gasteiger charge is 2.14. The summed E-state index contributed by atoms with van der Waals surface area (Å²) in [7, 11) is 0. The molecule has 0 atom stereocenters. The normalized spacial score (nSPS) is 17.4. The number of benzene rings is 1. The fourth-order valence-corrected chi connectivity index (χ4v) is 2.10. The number of allylic oxidation sites excluding steroid dienone is 2. The van der Waals surface area contributed by atoms with Crippen LogP contribution in [0.4, 0.5) is 0 Å². The Morgan fingerprint density at radius 3 is 2.58 bits per heavy atom. The van der Waals surface area contributed by atoms with Crippen molar-refractivity contribution in [2.45, 2.75) is 13.3 Å². The molecule has 2 aliphatic rings. The third-order valence-electron chi connectivity index (χ3n) is 2.73. The third kappa shape index (κ3) is 0.626. The Morgan fingerprint density at radius 1 is 1.00 bits per heavy atom. The predicted octanol–water partition coefficient (Wildman–Crippen LogP) is 1.27. The van der Waals surface area contributed by atoms with Crippen LogP contribution >= 0.6 is 0 Å². The van der Waals surface area contributed by atoms with Gasteiger partial charge in [-0.15, -0.1) is 0 Å². The predicted molar refractivity (Wildman–Crippen MR) is 51.0 cm³/mol. The van der Waals surface area contributed by atoms with Crippen molar-refractivity contribution in [2.24, 2.45) is 0 Å². The van der Waals surface area contributed by atoms with Crippen molar-refractivity contribution in [3.8, 4) is 0 Å². The fraction of sp³-hybridized carbons (Fsp3) is 0.167. The van der Waals surface area contributed by atoms with Crippen LogP contribution in [0.25, 0.3) is 11.1 Å².